The molecular formula is C20H21FN2O2. The van der Waals surface area contributed by atoms with Crippen LogP contribution >= 0.6 is 0 Å². The van der Waals surface area contributed by atoms with Gasteiger partial charge >= 0.3 is 0 Å². The standard InChI is InChI=1S/C20H21FN2O2/c21-16-7-4-8-17(25-14-5-2-1-3-6-14)18(16)23-19(24)15-13-20(15)9-11-22-12-10-20/h1-8,15,22H,9-13H2,(H,23,24). The maximum atomic E-state index is 14.3. The van der Waals surface area contributed by atoms with E-state index in [0.717, 1.165) is 32.4 Å². The number of benzene rings is 2. The van der Waals surface area contributed by atoms with Gasteiger partial charge in [0.15, 0.2) is 11.6 Å². The fourth-order valence-electron chi connectivity index (χ4n) is 3.73. The van der Waals surface area contributed by atoms with Crippen molar-refractivity contribution in [3.8, 4) is 11.5 Å². The molecule has 0 aromatic heterocycles. The van der Waals surface area contributed by atoms with E-state index < -0.39 is 5.82 Å². The molecular weight excluding hydrogens is 319 g/mol. The van der Waals surface area contributed by atoms with Gasteiger partial charge in [-0.1, -0.05) is 24.3 Å². The second-order valence-electron chi connectivity index (χ2n) is 6.89. The number of para-hydroxylation sites is 2. The third kappa shape index (κ3) is 3.24. The highest BCUT2D eigenvalue weighted by Gasteiger charge is 2.57. The number of nitrogens with one attached hydrogen (secondary N) is 2. The zero-order chi connectivity index (χ0) is 17.3. The van der Waals surface area contributed by atoms with Crippen LogP contribution in [0.15, 0.2) is 48.5 Å². The molecule has 0 bridgehead atoms. The number of ether oxygens (including phenoxy) is 1. The summed E-state index contributed by atoms with van der Waals surface area (Å²) in [5, 5.41) is 6.10. The Hall–Kier alpha value is -2.40. The van der Waals surface area contributed by atoms with Crippen LogP contribution in [0.2, 0.25) is 0 Å². The van der Waals surface area contributed by atoms with Gasteiger partial charge in [0.05, 0.1) is 0 Å². The molecule has 2 N–H and O–H groups in total. The highest BCUT2D eigenvalue weighted by Crippen LogP contribution is 2.59. The zero-order valence-electron chi connectivity index (χ0n) is 13.9. The van der Waals surface area contributed by atoms with E-state index in [4.69, 9.17) is 4.74 Å². The third-order valence-electron chi connectivity index (χ3n) is 5.30. The van der Waals surface area contributed by atoms with Gasteiger partial charge in [-0.15, -0.1) is 0 Å². The number of carbonyl (C=O) groups excluding carboxylic acids is 1. The van der Waals surface area contributed by atoms with Crippen LogP contribution in [0.4, 0.5) is 10.1 Å². The lowest BCUT2D eigenvalue weighted by molar-refractivity contribution is -0.118. The molecule has 4 nitrogen and oxygen atoms in total. The van der Waals surface area contributed by atoms with Crippen LogP contribution in [-0.2, 0) is 4.79 Å². The quantitative estimate of drug-likeness (QED) is 0.886. The van der Waals surface area contributed by atoms with Gasteiger partial charge in [-0.3, -0.25) is 4.79 Å². The molecule has 0 radical (unpaired) electrons. The predicted molar refractivity (Wildman–Crippen MR) is 94.2 cm³/mol. The first kappa shape index (κ1) is 16.1. The largest absolute Gasteiger partial charge is 0.455 e. The lowest BCUT2D eigenvalue weighted by atomic mass is 9.92. The van der Waals surface area contributed by atoms with E-state index >= 15 is 0 Å². The van der Waals surface area contributed by atoms with Crippen LogP contribution in [0.3, 0.4) is 0 Å². The van der Waals surface area contributed by atoms with E-state index in [1.165, 1.54) is 6.07 Å². The van der Waals surface area contributed by atoms with E-state index in [2.05, 4.69) is 10.6 Å². The van der Waals surface area contributed by atoms with Crippen LogP contribution in [0.5, 0.6) is 11.5 Å². The minimum atomic E-state index is -0.484. The van der Waals surface area contributed by atoms with Crippen molar-refractivity contribution in [2.45, 2.75) is 19.3 Å². The second kappa shape index (κ2) is 6.48. The van der Waals surface area contributed by atoms with E-state index in [1.807, 2.05) is 18.2 Å². The van der Waals surface area contributed by atoms with Crippen molar-refractivity contribution in [2.75, 3.05) is 18.4 Å². The highest BCUT2D eigenvalue weighted by molar-refractivity contribution is 5.96. The number of carbonyl (C=O) groups is 1. The van der Waals surface area contributed by atoms with Crippen LogP contribution < -0.4 is 15.4 Å². The monoisotopic (exact) mass is 340 g/mol. The van der Waals surface area contributed by atoms with Gasteiger partial charge in [0, 0.05) is 5.92 Å². The van der Waals surface area contributed by atoms with E-state index in [0.29, 0.717) is 11.5 Å². The molecule has 130 valence electrons. The molecule has 4 rings (SSSR count). The number of piperidine rings is 1. The van der Waals surface area contributed by atoms with Gasteiger partial charge in [0.25, 0.3) is 0 Å². The Kier molecular flexibility index (Phi) is 4.17. The minimum Gasteiger partial charge on any atom is -0.455 e. The summed E-state index contributed by atoms with van der Waals surface area (Å²) < 4.78 is 20.1. The summed E-state index contributed by atoms with van der Waals surface area (Å²) in [6, 6.07) is 13.7. The maximum Gasteiger partial charge on any atom is 0.228 e. The molecule has 1 saturated heterocycles. The van der Waals surface area contributed by atoms with Crippen LogP contribution in [0, 0.1) is 17.2 Å². The van der Waals surface area contributed by atoms with Crippen molar-refractivity contribution >= 4 is 11.6 Å². The first-order chi connectivity index (χ1) is 12.2. The lowest BCUT2D eigenvalue weighted by Crippen LogP contribution is -2.31. The highest BCUT2D eigenvalue weighted by atomic mass is 19.1. The summed E-state index contributed by atoms with van der Waals surface area (Å²) in [7, 11) is 0. The summed E-state index contributed by atoms with van der Waals surface area (Å²) in [6.45, 7) is 1.90. The van der Waals surface area contributed by atoms with Crippen molar-refractivity contribution in [1.29, 1.82) is 0 Å². The normalized spacial score (nSPS) is 20.9. The summed E-state index contributed by atoms with van der Waals surface area (Å²) in [4.78, 5) is 12.7. The van der Waals surface area contributed by atoms with E-state index in [-0.39, 0.29) is 22.9 Å². The van der Waals surface area contributed by atoms with E-state index in [9.17, 15) is 9.18 Å². The van der Waals surface area contributed by atoms with Gasteiger partial charge in [-0.25, -0.2) is 4.39 Å². The van der Waals surface area contributed by atoms with Crippen molar-refractivity contribution in [2.24, 2.45) is 11.3 Å². The average Bonchev–Trinajstić information content (AvgIpc) is 3.32. The minimum absolute atomic E-state index is 0.0289. The molecule has 2 aromatic carbocycles. The Morgan fingerprint density at radius 3 is 2.64 bits per heavy atom. The Bertz CT molecular complexity index is 773. The summed E-state index contributed by atoms with van der Waals surface area (Å²) >= 11 is 0. The Morgan fingerprint density at radius 2 is 1.88 bits per heavy atom. The molecule has 1 aliphatic heterocycles. The van der Waals surface area contributed by atoms with Gasteiger partial charge in [-0.05, 0) is 62.0 Å². The molecule has 2 aromatic rings. The first-order valence-electron chi connectivity index (χ1n) is 8.71. The fraction of sp³-hybridized carbons (Fsp3) is 0.350. The molecule has 2 aliphatic rings. The number of amides is 1. The lowest BCUT2D eigenvalue weighted by Gasteiger charge is -2.23. The number of rotatable bonds is 4. The maximum absolute atomic E-state index is 14.3. The zero-order valence-corrected chi connectivity index (χ0v) is 13.9. The number of halogens is 1. The topological polar surface area (TPSA) is 50.4 Å². The smallest absolute Gasteiger partial charge is 0.228 e. The molecule has 1 amide bonds. The van der Waals surface area contributed by atoms with Gasteiger partial charge in [0.2, 0.25) is 5.91 Å². The van der Waals surface area contributed by atoms with Gasteiger partial charge in [-0.2, -0.15) is 0 Å². The molecule has 5 heteroatoms. The number of hydrogen-bond donors (Lipinski definition) is 2. The average molecular weight is 340 g/mol. The summed E-state index contributed by atoms with van der Waals surface area (Å²) in [5.74, 6) is 0.301. The summed E-state index contributed by atoms with van der Waals surface area (Å²) in [5.41, 5.74) is 0.230. The number of hydrogen-bond acceptors (Lipinski definition) is 3. The molecule has 1 heterocycles. The van der Waals surface area contributed by atoms with E-state index in [1.54, 1.807) is 24.3 Å². The number of anilines is 1. The van der Waals surface area contributed by atoms with Crippen molar-refractivity contribution in [3.63, 3.8) is 0 Å². The first-order valence-corrected chi connectivity index (χ1v) is 8.71. The van der Waals surface area contributed by atoms with Crippen LogP contribution in [-0.4, -0.2) is 19.0 Å². The van der Waals surface area contributed by atoms with Gasteiger partial charge in [0.1, 0.15) is 11.4 Å². The third-order valence-corrected chi connectivity index (χ3v) is 5.30. The Morgan fingerprint density at radius 1 is 1.12 bits per heavy atom. The van der Waals surface area contributed by atoms with Crippen molar-refractivity contribution in [3.05, 3.63) is 54.3 Å². The second-order valence-corrected chi connectivity index (χ2v) is 6.89. The predicted octanol–water partition coefficient (Wildman–Crippen LogP) is 3.95. The molecule has 2 fully saturated rings. The molecule has 1 unspecified atom stereocenters. The molecule has 25 heavy (non-hydrogen) atoms. The molecule has 1 saturated carbocycles. The van der Waals surface area contributed by atoms with Crippen LogP contribution in [0.1, 0.15) is 19.3 Å². The van der Waals surface area contributed by atoms with Crippen LogP contribution in [0.25, 0.3) is 0 Å². The Balaban J connectivity index is 1.51. The SMILES string of the molecule is O=C(Nc1c(F)cccc1Oc1ccccc1)C1CC12CCNCC2. The summed E-state index contributed by atoms with van der Waals surface area (Å²) in [6.07, 6.45) is 2.91. The van der Waals surface area contributed by atoms with Crippen molar-refractivity contribution < 1.29 is 13.9 Å². The molecule has 1 aliphatic carbocycles. The van der Waals surface area contributed by atoms with Gasteiger partial charge < -0.3 is 15.4 Å². The molecule has 1 atom stereocenters. The fourth-order valence-corrected chi connectivity index (χ4v) is 3.73. The molecule has 1 spiro atoms. The Labute approximate surface area is 146 Å². The van der Waals surface area contributed by atoms with Crippen molar-refractivity contribution in [1.82, 2.24) is 5.32 Å².